The van der Waals surface area contributed by atoms with Crippen LogP contribution in [0.25, 0.3) is 0 Å². The van der Waals surface area contributed by atoms with Gasteiger partial charge in [-0.05, 0) is 62.2 Å². The van der Waals surface area contributed by atoms with Gasteiger partial charge in [-0.3, -0.25) is 4.79 Å². The first-order chi connectivity index (χ1) is 15.7. The number of carbonyl (C=O) groups is 2. The summed E-state index contributed by atoms with van der Waals surface area (Å²) in [7, 11) is -2.32. The Morgan fingerprint density at radius 1 is 1.03 bits per heavy atom. The fourth-order valence-corrected chi connectivity index (χ4v) is 5.47. The number of rotatable bonds is 7. The number of methoxy groups -OCH3 is 1. The van der Waals surface area contributed by atoms with E-state index in [0.29, 0.717) is 24.5 Å². The van der Waals surface area contributed by atoms with Crippen molar-refractivity contribution in [1.29, 1.82) is 0 Å². The topological polar surface area (TPSA) is 102 Å². The quantitative estimate of drug-likeness (QED) is 0.581. The van der Waals surface area contributed by atoms with E-state index in [-0.39, 0.29) is 15.5 Å². The maximum Gasteiger partial charge on any atom is 0.338 e. The summed E-state index contributed by atoms with van der Waals surface area (Å²) in [6, 6.07) is 10.6. The number of hydrogen-bond donors (Lipinski definition) is 1. The highest BCUT2D eigenvalue weighted by molar-refractivity contribution is 7.89. The van der Waals surface area contributed by atoms with Gasteiger partial charge in [0.1, 0.15) is 10.6 Å². The van der Waals surface area contributed by atoms with Gasteiger partial charge in [0, 0.05) is 18.8 Å². The fourth-order valence-electron chi connectivity index (χ4n) is 3.45. The molecule has 1 aliphatic heterocycles. The Balaban J connectivity index is 1.71. The molecule has 0 aliphatic carbocycles. The Kier molecular flexibility index (Phi) is 8.34. The zero-order valence-corrected chi connectivity index (χ0v) is 20.1. The number of carbonyl (C=O) groups excluding carboxylic acids is 2. The predicted molar refractivity (Wildman–Crippen MR) is 125 cm³/mol. The van der Waals surface area contributed by atoms with E-state index in [2.05, 4.69) is 5.32 Å². The monoisotopic (exact) mass is 494 g/mol. The van der Waals surface area contributed by atoms with Gasteiger partial charge in [-0.2, -0.15) is 4.31 Å². The molecule has 3 rings (SSSR count). The van der Waals surface area contributed by atoms with Gasteiger partial charge in [0.25, 0.3) is 5.91 Å². The number of anilines is 1. The number of nitrogens with zero attached hydrogens (tertiary/aromatic N) is 1. The molecule has 0 spiro atoms. The lowest BCUT2D eigenvalue weighted by Crippen LogP contribution is -2.32. The molecule has 0 bridgehead atoms. The van der Waals surface area contributed by atoms with Crippen molar-refractivity contribution >= 4 is 39.2 Å². The molecule has 1 heterocycles. The van der Waals surface area contributed by atoms with Crippen LogP contribution < -0.4 is 10.1 Å². The minimum atomic E-state index is -3.86. The highest BCUT2D eigenvalue weighted by Gasteiger charge is 2.29. The molecule has 0 radical (unpaired) electrons. The van der Waals surface area contributed by atoms with E-state index < -0.39 is 28.0 Å². The van der Waals surface area contributed by atoms with Crippen LogP contribution in [-0.4, -0.2) is 50.9 Å². The maximum absolute atomic E-state index is 13.1. The number of halogens is 1. The Bertz CT molecular complexity index is 1100. The van der Waals surface area contributed by atoms with Gasteiger partial charge in [-0.15, -0.1) is 0 Å². The Labute approximate surface area is 198 Å². The molecule has 1 aliphatic rings. The summed E-state index contributed by atoms with van der Waals surface area (Å²) in [4.78, 5) is 24.9. The second-order valence-corrected chi connectivity index (χ2v) is 10.0. The van der Waals surface area contributed by atoms with Crippen molar-refractivity contribution in [2.45, 2.75) is 43.6 Å². The van der Waals surface area contributed by atoms with Crippen molar-refractivity contribution in [2.75, 3.05) is 25.5 Å². The normalized spacial score (nSPS) is 15.8. The van der Waals surface area contributed by atoms with E-state index >= 15 is 0 Å². The van der Waals surface area contributed by atoms with Crippen molar-refractivity contribution in [3.63, 3.8) is 0 Å². The molecular formula is C23H27ClN2O6S. The molecule has 33 heavy (non-hydrogen) atoms. The Morgan fingerprint density at radius 3 is 2.27 bits per heavy atom. The minimum absolute atomic E-state index is 0.00288. The Morgan fingerprint density at radius 2 is 1.67 bits per heavy atom. The first-order valence-electron chi connectivity index (χ1n) is 10.7. The third-order valence-corrected chi connectivity index (χ3v) is 7.74. The number of amides is 1. The molecule has 0 saturated carbocycles. The fraction of sp³-hybridized carbons (Fsp3) is 0.391. The first-order valence-corrected chi connectivity index (χ1v) is 12.5. The molecule has 8 nitrogen and oxygen atoms in total. The van der Waals surface area contributed by atoms with E-state index in [1.54, 1.807) is 24.3 Å². The lowest BCUT2D eigenvalue weighted by Gasteiger charge is -2.21. The van der Waals surface area contributed by atoms with Gasteiger partial charge in [0.15, 0.2) is 6.10 Å². The number of sulfonamides is 1. The molecule has 1 N–H and O–H groups in total. The van der Waals surface area contributed by atoms with Crippen molar-refractivity contribution < 1.29 is 27.5 Å². The van der Waals surface area contributed by atoms with E-state index in [1.807, 2.05) is 0 Å². The molecule has 1 fully saturated rings. The van der Waals surface area contributed by atoms with Crippen LogP contribution in [-0.2, 0) is 19.6 Å². The number of nitrogens with one attached hydrogen (secondary N) is 1. The van der Waals surface area contributed by atoms with Gasteiger partial charge in [0.05, 0.1) is 17.7 Å². The summed E-state index contributed by atoms with van der Waals surface area (Å²) >= 11 is 6.18. The van der Waals surface area contributed by atoms with E-state index in [4.69, 9.17) is 21.1 Å². The summed E-state index contributed by atoms with van der Waals surface area (Å²) < 4.78 is 38.0. The van der Waals surface area contributed by atoms with Crippen LogP contribution in [0.15, 0.2) is 47.4 Å². The van der Waals surface area contributed by atoms with E-state index in [9.17, 15) is 18.0 Å². The van der Waals surface area contributed by atoms with Crippen molar-refractivity contribution in [2.24, 2.45) is 0 Å². The van der Waals surface area contributed by atoms with Crippen LogP contribution in [0.1, 0.15) is 43.0 Å². The third kappa shape index (κ3) is 6.25. The van der Waals surface area contributed by atoms with Gasteiger partial charge in [-0.1, -0.05) is 24.4 Å². The highest BCUT2D eigenvalue weighted by atomic mass is 35.5. The molecule has 1 unspecified atom stereocenters. The predicted octanol–water partition coefficient (Wildman–Crippen LogP) is 4.10. The van der Waals surface area contributed by atoms with E-state index in [1.165, 1.54) is 36.5 Å². The molecule has 2 aromatic carbocycles. The summed E-state index contributed by atoms with van der Waals surface area (Å²) in [6.07, 6.45) is 2.39. The smallest absolute Gasteiger partial charge is 0.338 e. The lowest BCUT2D eigenvalue weighted by molar-refractivity contribution is -0.123. The first kappa shape index (κ1) is 25.0. The third-order valence-electron chi connectivity index (χ3n) is 5.36. The SMILES string of the molecule is COc1ccc(NC(=O)C(C)OC(=O)c2ccc(Cl)c(S(=O)(=O)N3CCCCCC3)c2)cc1. The molecule has 1 atom stereocenters. The minimum Gasteiger partial charge on any atom is -0.497 e. The van der Waals surface area contributed by atoms with Crippen LogP contribution in [0.2, 0.25) is 5.02 Å². The van der Waals surface area contributed by atoms with Crippen LogP contribution >= 0.6 is 11.6 Å². The van der Waals surface area contributed by atoms with Gasteiger partial charge >= 0.3 is 5.97 Å². The molecular weight excluding hydrogens is 468 g/mol. The molecule has 10 heteroatoms. The van der Waals surface area contributed by atoms with Gasteiger partial charge in [0.2, 0.25) is 10.0 Å². The second kappa shape index (κ2) is 11.0. The van der Waals surface area contributed by atoms with Crippen LogP contribution in [0.3, 0.4) is 0 Å². The number of hydrogen-bond acceptors (Lipinski definition) is 6. The Hall–Kier alpha value is -2.62. The molecule has 178 valence electrons. The van der Waals surface area contributed by atoms with Crippen molar-refractivity contribution in [3.05, 3.63) is 53.1 Å². The molecule has 1 amide bonds. The van der Waals surface area contributed by atoms with Crippen LogP contribution in [0, 0.1) is 0 Å². The summed E-state index contributed by atoms with van der Waals surface area (Å²) in [6.45, 7) is 2.26. The van der Waals surface area contributed by atoms with E-state index in [0.717, 1.165) is 25.7 Å². The number of esters is 1. The number of benzene rings is 2. The molecule has 0 aromatic heterocycles. The second-order valence-electron chi connectivity index (χ2n) is 7.73. The number of ether oxygens (including phenoxy) is 2. The standard InChI is InChI=1S/C23H27ClN2O6S/c1-16(22(27)25-18-8-10-19(31-2)11-9-18)32-23(28)17-7-12-20(24)21(15-17)33(29,30)26-13-5-3-4-6-14-26/h7-12,15-16H,3-6,13-14H2,1-2H3,(H,25,27). The van der Waals surface area contributed by atoms with Gasteiger partial charge < -0.3 is 14.8 Å². The van der Waals surface area contributed by atoms with Gasteiger partial charge in [-0.25, -0.2) is 13.2 Å². The zero-order chi connectivity index (χ0) is 24.0. The molecule has 2 aromatic rings. The lowest BCUT2D eigenvalue weighted by atomic mass is 10.2. The van der Waals surface area contributed by atoms with Crippen molar-refractivity contribution in [3.8, 4) is 5.75 Å². The average molecular weight is 495 g/mol. The maximum atomic E-state index is 13.1. The summed E-state index contributed by atoms with van der Waals surface area (Å²) in [5, 5.41) is 2.68. The molecule has 1 saturated heterocycles. The highest BCUT2D eigenvalue weighted by Crippen LogP contribution is 2.28. The zero-order valence-electron chi connectivity index (χ0n) is 18.5. The van der Waals surface area contributed by atoms with Crippen molar-refractivity contribution in [1.82, 2.24) is 4.31 Å². The largest absolute Gasteiger partial charge is 0.497 e. The average Bonchev–Trinajstić information content (AvgIpc) is 3.10. The van der Waals surface area contributed by atoms with Crippen LogP contribution in [0.4, 0.5) is 5.69 Å². The summed E-state index contributed by atoms with van der Waals surface area (Å²) in [5.74, 6) is -0.711. The summed E-state index contributed by atoms with van der Waals surface area (Å²) in [5.41, 5.74) is 0.512. The van der Waals surface area contributed by atoms with Crippen LogP contribution in [0.5, 0.6) is 5.75 Å².